The van der Waals surface area contributed by atoms with E-state index >= 15 is 0 Å². The number of rotatable bonds is 13. The van der Waals surface area contributed by atoms with Crippen molar-refractivity contribution in [1.29, 1.82) is 0 Å². The topological polar surface area (TPSA) is 215 Å². The fraction of sp³-hybridized carbons (Fsp3) is 0.613. The van der Waals surface area contributed by atoms with Gasteiger partial charge in [0.1, 0.15) is 37.6 Å². The van der Waals surface area contributed by atoms with Crippen LogP contribution in [0, 0.1) is 0 Å². The second-order valence-electron chi connectivity index (χ2n) is 10.9. The molecule has 17 heteroatoms. The van der Waals surface area contributed by atoms with E-state index in [1.54, 1.807) is 30.3 Å². The van der Waals surface area contributed by atoms with E-state index < -0.39 is 110 Å². The number of aliphatic hydroxyl groups is 1. The zero-order chi connectivity index (χ0) is 35.5. The highest BCUT2D eigenvalue weighted by atomic mass is 16.8. The number of carbonyl (C=O) groups excluding carboxylic acids is 6. The van der Waals surface area contributed by atoms with Crippen LogP contribution in [0.5, 0.6) is 0 Å². The maximum absolute atomic E-state index is 12.4. The molecule has 3 rings (SSSR count). The monoisotopic (exact) mass is 684 g/mol. The summed E-state index contributed by atoms with van der Waals surface area (Å²) in [4.78, 5) is 72.5. The first-order valence-electron chi connectivity index (χ1n) is 14.9. The highest BCUT2D eigenvalue weighted by Gasteiger charge is 2.56. The van der Waals surface area contributed by atoms with Crippen molar-refractivity contribution < 1.29 is 81.2 Å². The Hall–Kier alpha value is -4.16. The van der Waals surface area contributed by atoms with Crippen molar-refractivity contribution in [1.82, 2.24) is 0 Å². The molecule has 2 heterocycles. The molecular weight excluding hydrogens is 644 g/mol. The zero-order valence-electron chi connectivity index (χ0n) is 27.3. The minimum atomic E-state index is -1.73. The molecule has 2 fully saturated rings. The van der Waals surface area contributed by atoms with E-state index in [1.165, 1.54) is 0 Å². The molecule has 1 N–H and O–H groups in total. The van der Waals surface area contributed by atoms with E-state index in [-0.39, 0.29) is 6.61 Å². The Morgan fingerprint density at radius 2 is 1.04 bits per heavy atom. The van der Waals surface area contributed by atoms with Gasteiger partial charge in [-0.3, -0.25) is 28.8 Å². The third-order valence-electron chi connectivity index (χ3n) is 6.89. The lowest BCUT2D eigenvalue weighted by molar-refractivity contribution is -0.360. The lowest BCUT2D eigenvalue weighted by Crippen LogP contribution is -2.67. The lowest BCUT2D eigenvalue weighted by Gasteiger charge is -2.48. The van der Waals surface area contributed by atoms with Crippen molar-refractivity contribution in [2.75, 3.05) is 13.2 Å². The van der Waals surface area contributed by atoms with Crippen molar-refractivity contribution in [3.05, 3.63) is 35.9 Å². The molecule has 0 aliphatic carbocycles. The second kappa shape index (κ2) is 17.8. The lowest BCUT2D eigenvalue weighted by atomic mass is 9.96. The SMILES string of the molecule is CC(=O)OC[C@H]1O[C@@H](O)[C@H](OCc2ccccc2)[C@@H](OC(C)=O)[C@H]1O[C@@H]1O[C@H](COC(C)=O)[C@H](OC(C)=O)[C@H](OC(C)=O)[C@H]1OC(C)=O. The molecule has 0 saturated carbocycles. The molecular formula is C31H40O17. The molecule has 2 aliphatic heterocycles. The predicted octanol–water partition coefficient (Wildman–Crippen LogP) is 0.252. The van der Waals surface area contributed by atoms with Gasteiger partial charge in [0.05, 0.1) is 6.61 Å². The molecule has 266 valence electrons. The number of aliphatic hydroxyl groups excluding tert-OH is 1. The van der Waals surface area contributed by atoms with Gasteiger partial charge in [0.15, 0.2) is 37.0 Å². The van der Waals surface area contributed by atoms with E-state index in [4.69, 9.17) is 47.4 Å². The van der Waals surface area contributed by atoms with Gasteiger partial charge in [-0.2, -0.15) is 0 Å². The molecule has 1 aromatic rings. The summed E-state index contributed by atoms with van der Waals surface area (Å²) in [5.41, 5.74) is 0.699. The van der Waals surface area contributed by atoms with Crippen LogP contribution in [0.4, 0.5) is 0 Å². The van der Waals surface area contributed by atoms with Gasteiger partial charge in [0.2, 0.25) is 0 Å². The van der Waals surface area contributed by atoms with Crippen LogP contribution in [0.25, 0.3) is 0 Å². The Kier molecular flexibility index (Phi) is 14.2. The first kappa shape index (κ1) is 38.3. The molecule has 1 aromatic carbocycles. The van der Waals surface area contributed by atoms with Gasteiger partial charge in [-0.15, -0.1) is 0 Å². The Morgan fingerprint density at radius 1 is 0.583 bits per heavy atom. The summed E-state index contributed by atoms with van der Waals surface area (Å²) in [5, 5.41) is 11.0. The van der Waals surface area contributed by atoms with Gasteiger partial charge in [-0.25, -0.2) is 0 Å². The summed E-state index contributed by atoms with van der Waals surface area (Å²) < 4.78 is 56.1. The van der Waals surface area contributed by atoms with E-state index in [0.29, 0.717) is 5.56 Å². The molecule has 0 amide bonds. The average molecular weight is 685 g/mol. The first-order chi connectivity index (χ1) is 22.7. The Morgan fingerprint density at radius 3 is 1.54 bits per heavy atom. The quantitative estimate of drug-likeness (QED) is 0.218. The number of ether oxygens (including phenoxy) is 10. The van der Waals surface area contributed by atoms with Crippen LogP contribution in [-0.2, 0) is 82.7 Å². The summed E-state index contributed by atoms with van der Waals surface area (Å²) in [6, 6.07) is 8.83. The molecule has 0 aromatic heterocycles. The minimum Gasteiger partial charge on any atom is -0.463 e. The summed E-state index contributed by atoms with van der Waals surface area (Å²) in [6.07, 6.45) is -15.2. The number of esters is 6. The maximum atomic E-state index is 12.4. The summed E-state index contributed by atoms with van der Waals surface area (Å²) >= 11 is 0. The van der Waals surface area contributed by atoms with Crippen molar-refractivity contribution >= 4 is 35.8 Å². The van der Waals surface area contributed by atoms with Crippen LogP contribution in [0.2, 0.25) is 0 Å². The smallest absolute Gasteiger partial charge is 0.303 e. The summed E-state index contributed by atoms with van der Waals surface area (Å²) in [6.45, 7) is 5.39. The highest BCUT2D eigenvalue weighted by molar-refractivity contribution is 5.69. The number of benzene rings is 1. The highest BCUT2D eigenvalue weighted by Crippen LogP contribution is 2.35. The van der Waals surface area contributed by atoms with E-state index in [2.05, 4.69) is 0 Å². The van der Waals surface area contributed by atoms with Crippen LogP contribution in [0.3, 0.4) is 0 Å². The van der Waals surface area contributed by atoms with Gasteiger partial charge in [0, 0.05) is 41.5 Å². The molecule has 0 spiro atoms. The van der Waals surface area contributed by atoms with Crippen LogP contribution < -0.4 is 0 Å². The molecule has 2 saturated heterocycles. The Bertz CT molecular complexity index is 1280. The number of hydrogen-bond acceptors (Lipinski definition) is 17. The van der Waals surface area contributed by atoms with Gasteiger partial charge in [-0.1, -0.05) is 30.3 Å². The third kappa shape index (κ3) is 11.2. The maximum Gasteiger partial charge on any atom is 0.303 e. The minimum absolute atomic E-state index is 0.0654. The van der Waals surface area contributed by atoms with Crippen molar-refractivity contribution in [2.24, 2.45) is 0 Å². The molecule has 10 atom stereocenters. The molecule has 2 aliphatic rings. The average Bonchev–Trinajstić information content (AvgIpc) is 2.98. The summed E-state index contributed by atoms with van der Waals surface area (Å²) in [5.74, 6) is -4.85. The standard InChI is InChI=1S/C31H40O17/c1-15(32)39-13-22-25(26(43-18(4)35)28(30(38)46-22)41-12-21-10-8-7-9-11-21)48-31-29(45-20(6)37)27(44-19(5)36)24(42-17(3)34)23(47-31)14-40-16(2)33/h7-11,22-31,38H,12-14H2,1-6H3/t22-,23-,24+,25+,26+,27+,28-,29-,30-,31+/m1/s1. The van der Waals surface area contributed by atoms with Gasteiger partial charge in [0.25, 0.3) is 0 Å². The molecule has 17 nitrogen and oxygen atoms in total. The van der Waals surface area contributed by atoms with E-state index in [1.807, 2.05) is 0 Å². The fourth-order valence-electron chi connectivity index (χ4n) is 5.12. The fourth-order valence-corrected chi connectivity index (χ4v) is 5.12. The van der Waals surface area contributed by atoms with Crippen molar-refractivity contribution in [2.45, 2.75) is 110 Å². The predicted molar refractivity (Wildman–Crippen MR) is 155 cm³/mol. The third-order valence-corrected chi connectivity index (χ3v) is 6.89. The van der Waals surface area contributed by atoms with Gasteiger partial charge >= 0.3 is 35.8 Å². The van der Waals surface area contributed by atoms with E-state index in [9.17, 15) is 33.9 Å². The molecule has 0 radical (unpaired) electrons. The largest absolute Gasteiger partial charge is 0.463 e. The first-order valence-corrected chi connectivity index (χ1v) is 14.9. The Labute approximate surface area is 275 Å². The molecule has 48 heavy (non-hydrogen) atoms. The van der Waals surface area contributed by atoms with Crippen LogP contribution in [0.1, 0.15) is 47.1 Å². The van der Waals surface area contributed by atoms with E-state index in [0.717, 1.165) is 41.5 Å². The second-order valence-corrected chi connectivity index (χ2v) is 10.9. The van der Waals surface area contributed by atoms with Gasteiger partial charge in [-0.05, 0) is 5.56 Å². The normalized spacial score (nSPS) is 29.9. The molecule has 0 bridgehead atoms. The van der Waals surface area contributed by atoms with Crippen molar-refractivity contribution in [3.63, 3.8) is 0 Å². The number of hydrogen-bond donors (Lipinski definition) is 1. The van der Waals surface area contributed by atoms with Crippen LogP contribution in [0.15, 0.2) is 30.3 Å². The van der Waals surface area contributed by atoms with Gasteiger partial charge < -0.3 is 52.5 Å². The molecule has 0 unspecified atom stereocenters. The van der Waals surface area contributed by atoms with Crippen LogP contribution >= 0.6 is 0 Å². The Balaban J connectivity index is 2.09. The van der Waals surface area contributed by atoms with Crippen LogP contribution in [-0.4, -0.2) is 116 Å². The van der Waals surface area contributed by atoms with Crippen molar-refractivity contribution in [3.8, 4) is 0 Å². The summed E-state index contributed by atoms with van der Waals surface area (Å²) in [7, 11) is 0. The zero-order valence-corrected chi connectivity index (χ0v) is 27.3. The number of carbonyl (C=O) groups is 6.